The molecule has 0 aliphatic carbocycles. The quantitative estimate of drug-likeness (QED) is 0.492. The zero-order valence-electron chi connectivity index (χ0n) is 12.5. The van der Waals surface area contributed by atoms with Crippen LogP contribution in [-0.2, 0) is 14.3 Å². The molecular formula is C15H21N3O3. The number of rotatable bonds is 5. The van der Waals surface area contributed by atoms with E-state index in [1.807, 2.05) is 19.9 Å². The molecule has 0 aromatic heterocycles. The Bertz CT molecular complexity index is 512. The van der Waals surface area contributed by atoms with E-state index < -0.39 is 12.0 Å². The van der Waals surface area contributed by atoms with E-state index in [4.69, 9.17) is 20.6 Å². The monoisotopic (exact) mass is 291 g/mol. The van der Waals surface area contributed by atoms with Crippen LogP contribution in [0.2, 0.25) is 0 Å². The van der Waals surface area contributed by atoms with Crippen LogP contribution in [0.5, 0.6) is 0 Å². The molecule has 6 heteroatoms. The van der Waals surface area contributed by atoms with Crippen LogP contribution >= 0.6 is 0 Å². The number of nitrogens with one attached hydrogen (secondary N) is 1. The van der Waals surface area contributed by atoms with Crippen LogP contribution in [0.25, 0.3) is 0 Å². The molecule has 1 unspecified atom stereocenters. The highest BCUT2D eigenvalue weighted by molar-refractivity contribution is 5.99. The number of ether oxygens (including phenoxy) is 2. The van der Waals surface area contributed by atoms with Gasteiger partial charge in [-0.3, -0.25) is 5.41 Å². The molecule has 0 saturated heterocycles. The Labute approximate surface area is 124 Å². The highest BCUT2D eigenvalue weighted by Crippen LogP contribution is 2.09. The van der Waals surface area contributed by atoms with Gasteiger partial charge in [0.1, 0.15) is 0 Å². The molecule has 21 heavy (non-hydrogen) atoms. The predicted octanol–water partition coefficient (Wildman–Crippen LogP) is 1.93. The third-order valence-electron chi connectivity index (χ3n) is 2.67. The van der Waals surface area contributed by atoms with E-state index in [1.54, 1.807) is 31.2 Å². The fraction of sp³-hybridized carbons (Fsp3) is 0.400. The van der Waals surface area contributed by atoms with Crippen molar-refractivity contribution in [1.29, 1.82) is 5.41 Å². The van der Waals surface area contributed by atoms with Crippen molar-refractivity contribution in [2.45, 2.75) is 26.8 Å². The minimum atomic E-state index is -0.742. The number of hydrogen-bond acceptors (Lipinski definition) is 5. The summed E-state index contributed by atoms with van der Waals surface area (Å²) in [6, 6.07) is 7.89. The summed E-state index contributed by atoms with van der Waals surface area (Å²) in [6.45, 7) is 5.67. The van der Waals surface area contributed by atoms with E-state index in [-0.39, 0.29) is 24.4 Å². The maximum absolute atomic E-state index is 11.8. The lowest BCUT2D eigenvalue weighted by molar-refractivity contribution is -0.145. The van der Waals surface area contributed by atoms with Crippen molar-refractivity contribution < 1.29 is 14.3 Å². The lowest BCUT2D eigenvalue weighted by atomic mass is 10.1. The SMILES string of the molecule is CCOC(=O)C(N=C(N)OC(=N)c1ccccc1)C(C)C. The van der Waals surface area contributed by atoms with Crippen LogP contribution < -0.4 is 5.73 Å². The third-order valence-corrected chi connectivity index (χ3v) is 2.67. The number of esters is 1. The van der Waals surface area contributed by atoms with E-state index in [0.29, 0.717) is 5.56 Å². The summed E-state index contributed by atoms with van der Waals surface area (Å²) in [6.07, 6.45) is 0. The fourth-order valence-corrected chi connectivity index (χ4v) is 1.62. The van der Waals surface area contributed by atoms with E-state index >= 15 is 0 Å². The van der Waals surface area contributed by atoms with Gasteiger partial charge in [-0.2, -0.15) is 0 Å². The lowest BCUT2D eigenvalue weighted by Crippen LogP contribution is -2.31. The first-order valence-electron chi connectivity index (χ1n) is 6.77. The van der Waals surface area contributed by atoms with Gasteiger partial charge < -0.3 is 15.2 Å². The zero-order valence-corrected chi connectivity index (χ0v) is 12.5. The molecular weight excluding hydrogens is 270 g/mol. The van der Waals surface area contributed by atoms with Crippen molar-refractivity contribution in [3.8, 4) is 0 Å². The van der Waals surface area contributed by atoms with Crippen LogP contribution in [0, 0.1) is 11.3 Å². The lowest BCUT2D eigenvalue weighted by Gasteiger charge is -2.15. The minimum absolute atomic E-state index is 0.0860. The second kappa shape index (κ2) is 8.04. The molecule has 6 nitrogen and oxygen atoms in total. The van der Waals surface area contributed by atoms with Crippen molar-refractivity contribution in [2.24, 2.45) is 16.6 Å². The molecule has 0 saturated carbocycles. The number of benzene rings is 1. The second-order valence-corrected chi connectivity index (χ2v) is 4.71. The first-order valence-corrected chi connectivity index (χ1v) is 6.77. The maximum atomic E-state index is 11.8. The van der Waals surface area contributed by atoms with Crippen LogP contribution in [0.4, 0.5) is 0 Å². The number of amidine groups is 1. The molecule has 3 N–H and O–H groups in total. The first kappa shape index (κ1) is 16.7. The summed E-state index contributed by atoms with van der Waals surface area (Å²) in [4.78, 5) is 15.8. The largest absolute Gasteiger partial charge is 0.464 e. The van der Waals surface area contributed by atoms with Gasteiger partial charge in [-0.15, -0.1) is 0 Å². The van der Waals surface area contributed by atoms with Crippen molar-refractivity contribution in [3.63, 3.8) is 0 Å². The summed E-state index contributed by atoms with van der Waals surface area (Å²) in [5, 5.41) is 7.80. The molecule has 0 radical (unpaired) electrons. The topological polar surface area (TPSA) is 97.8 Å². The van der Waals surface area contributed by atoms with Crippen molar-refractivity contribution in [1.82, 2.24) is 0 Å². The molecule has 114 valence electrons. The Balaban J connectivity index is 2.77. The number of hydrogen-bond donors (Lipinski definition) is 2. The minimum Gasteiger partial charge on any atom is -0.464 e. The van der Waals surface area contributed by atoms with E-state index in [2.05, 4.69) is 4.99 Å². The summed E-state index contributed by atoms with van der Waals surface area (Å²) < 4.78 is 10.1. The molecule has 0 fully saturated rings. The van der Waals surface area contributed by atoms with Crippen LogP contribution in [0.3, 0.4) is 0 Å². The summed E-state index contributed by atoms with van der Waals surface area (Å²) >= 11 is 0. The van der Waals surface area contributed by atoms with Gasteiger partial charge >= 0.3 is 5.97 Å². The van der Waals surface area contributed by atoms with E-state index in [9.17, 15) is 4.79 Å². The maximum Gasteiger partial charge on any atom is 0.331 e. The van der Waals surface area contributed by atoms with E-state index in [1.165, 1.54) is 0 Å². The van der Waals surface area contributed by atoms with Crippen molar-refractivity contribution in [3.05, 3.63) is 35.9 Å². The van der Waals surface area contributed by atoms with E-state index in [0.717, 1.165) is 0 Å². The van der Waals surface area contributed by atoms with Gasteiger partial charge in [0, 0.05) is 5.56 Å². The number of nitrogens with two attached hydrogens (primary N) is 1. The van der Waals surface area contributed by atoms with Crippen molar-refractivity contribution in [2.75, 3.05) is 6.61 Å². The Kier molecular flexibility index (Phi) is 6.39. The van der Waals surface area contributed by atoms with Crippen LogP contribution in [0.15, 0.2) is 35.3 Å². The normalized spacial score (nSPS) is 12.9. The average Bonchev–Trinajstić information content (AvgIpc) is 2.45. The summed E-state index contributed by atoms with van der Waals surface area (Å²) in [5.41, 5.74) is 6.24. The van der Waals surface area contributed by atoms with Crippen LogP contribution in [-0.4, -0.2) is 30.5 Å². The summed E-state index contributed by atoms with van der Waals surface area (Å²) in [7, 11) is 0. The number of aliphatic imine (C=N–C) groups is 1. The Hall–Kier alpha value is -2.37. The molecule has 0 heterocycles. The number of nitrogens with zero attached hydrogens (tertiary/aromatic N) is 1. The Morgan fingerprint density at radius 3 is 2.48 bits per heavy atom. The van der Waals surface area contributed by atoms with Gasteiger partial charge in [0.25, 0.3) is 6.02 Å². The van der Waals surface area contributed by atoms with Gasteiger partial charge in [-0.1, -0.05) is 32.0 Å². The van der Waals surface area contributed by atoms with Gasteiger partial charge in [0.2, 0.25) is 5.90 Å². The summed E-state index contributed by atoms with van der Waals surface area (Å²) in [5.74, 6) is -0.661. The van der Waals surface area contributed by atoms with Gasteiger partial charge in [-0.05, 0) is 25.0 Å². The molecule has 1 aromatic rings. The molecule has 0 aliphatic rings. The molecule has 0 amide bonds. The zero-order chi connectivity index (χ0) is 15.8. The fourth-order valence-electron chi connectivity index (χ4n) is 1.62. The standard InChI is InChI=1S/C15H21N3O3/c1-4-20-14(19)12(10(2)3)18-15(17)21-13(16)11-8-6-5-7-9-11/h5-10,12,16H,4H2,1-3H3,(H2,17,18). The molecule has 0 spiro atoms. The Morgan fingerprint density at radius 2 is 1.95 bits per heavy atom. The van der Waals surface area contributed by atoms with Crippen LogP contribution in [0.1, 0.15) is 26.3 Å². The molecule has 1 aromatic carbocycles. The first-order chi connectivity index (χ1) is 9.95. The molecule has 0 bridgehead atoms. The highest BCUT2D eigenvalue weighted by atomic mass is 16.5. The number of carbonyl (C=O) groups excluding carboxylic acids is 1. The van der Waals surface area contributed by atoms with Gasteiger partial charge in [-0.25, -0.2) is 9.79 Å². The predicted molar refractivity (Wildman–Crippen MR) is 81.2 cm³/mol. The smallest absolute Gasteiger partial charge is 0.331 e. The molecule has 1 rings (SSSR count). The second-order valence-electron chi connectivity index (χ2n) is 4.71. The Morgan fingerprint density at radius 1 is 1.33 bits per heavy atom. The molecule has 1 atom stereocenters. The number of carbonyl (C=O) groups is 1. The third kappa shape index (κ3) is 5.25. The average molecular weight is 291 g/mol. The highest BCUT2D eigenvalue weighted by Gasteiger charge is 2.23. The molecule has 0 aliphatic heterocycles. The van der Waals surface area contributed by atoms with Crippen molar-refractivity contribution >= 4 is 17.9 Å². The van der Waals surface area contributed by atoms with Gasteiger partial charge in [0.15, 0.2) is 6.04 Å². The van der Waals surface area contributed by atoms with Gasteiger partial charge in [0.05, 0.1) is 6.61 Å².